The van der Waals surface area contributed by atoms with E-state index in [0.29, 0.717) is 0 Å². The molecule has 0 unspecified atom stereocenters. The van der Waals surface area contributed by atoms with Gasteiger partial charge in [0.1, 0.15) is 17.1 Å². The highest BCUT2D eigenvalue weighted by Gasteiger charge is 2.18. The van der Waals surface area contributed by atoms with Crippen molar-refractivity contribution in [1.29, 1.82) is 0 Å². The molecule has 0 bridgehead atoms. The highest BCUT2D eigenvalue weighted by atomic mass is 19.1. The predicted molar refractivity (Wildman–Crippen MR) is 88.7 cm³/mol. The average Bonchev–Trinajstić information content (AvgIpc) is 2.52. The molecule has 24 heavy (non-hydrogen) atoms. The van der Waals surface area contributed by atoms with Crippen LogP contribution in [0.4, 0.5) is 4.39 Å². The number of benzene rings is 1. The third kappa shape index (κ3) is 4.28. The van der Waals surface area contributed by atoms with Crippen LogP contribution in [0.3, 0.4) is 0 Å². The lowest BCUT2D eigenvalue weighted by Crippen LogP contribution is -2.07. The molecule has 0 atom stereocenters. The fourth-order valence-corrected chi connectivity index (χ4v) is 2.20. The molecule has 2 aromatic rings. The first kappa shape index (κ1) is 17.8. The molecule has 0 saturated heterocycles. The Morgan fingerprint density at radius 3 is 2.38 bits per heavy atom. The molecule has 0 amide bonds. The van der Waals surface area contributed by atoms with Gasteiger partial charge in [-0.15, -0.1) is 0 Å². The average molecular weight is 332 g/mol. The second-order valence-electron chi connectivity index (χ2n) is 6.81. The standard InChI is InChI=1S/C18H21FN2O3/c1-18(2,3)6-5-11-9-20-16(21-10-11)12-7-13(17(22)23)15(24-4)8-14(12)19/h7-10H,5-6H2,1-4H3,(H,22,23). The summed E-state index contributed by atoms with van der Waals surface area (Å²) in [5.41, 5.74) is 1.07. The van der Waals surface area contributed by atoms with E-state index in [4.69, 9.17) is 4.74 Å². The van der Waals surface area contributed by atoms with Gasteiger partial charge in [0.2, 0.25) is 0 Å². The molecule has 5 nitrogen and oxygen atoms in total. The number of rotatable bonds is 5. The van der Waals surface area contributed by atoms with E-state index in [1.54, 1.807) is 12.4 Å². The number of hydrogen-bond donors (Lipinski definition) is 1. The van der Waals surface area contributed by atoms with Crippen LogP contribution >= 0.6 is 0 Å². The van der Waals surface area contributed by atoms with E-state index in [1.807, 2.05) is 0 Å². The molecule has 0 radical (unpaired) electrons. The normalized spacial score (nSPS) is 11.4. The second kappa shape index (κ2) is 6.95. The van der Waals surface area contributed by atoms with E-state index in [0.717, 1.165) is 24.5 Å². The minimum Gasteiger partial charge on any atom is -0.496 e. The van der Waals surface area contributed by atoms with Gasteiger partial charge in [-0.2, -0.15) is 0 Å². The van der Waals surface area contributed by atoms with Crippen molar-refractivity contribution in [2.75, 3.05) is 7.11 Å². The van der Waals surface area contributed by atoms with Gasteiger partial charge in [0.15, 0.2) is 5.82 Å². The lowest BCUT2D eigenvalue weighted by Gasteiger charge is -2.17. The van der Waals surface area contributed by atoms with E-state index < -0.39 is 11.8 Å². The largest absolute Gasteiger partial charge is 0.496 e. The van der Waals surface area contributed by atoms with Gasteiger partial charge in [0.25, 0.3) is 0 Å². The number of methoxy groups -OCH3 is 1. The minimum absolute atomic E-state index is 0.0365. The summed E-state index contributed by atoms with van der Waals surface area (Å²) in [5.74, 6) is -1.71. The van der Waals surface area contributed by atoms with E-state index >= 15 is 0 Å². The van der Waals surface area contributed by atoms with E-state index in [9.17, 15) is 14.3 Å². The van der Waals surface area contributed by atoms with Crippen molar-refractivity contribution >= 4 is 5.97 Å². The van der Waals surface area contributed by atoms with Crippen LogP contribution in [0.2, 0.25) is 0 Å². The highest BCUT2D eigenvalue weighted by Crippen LogP contribution is 2.28. The predicted octanol–water partition coefficient (Wildman–Crippen LogP) is 3.97. The van der Waals surface area contributed by atoms with Crippen LogP contribution in [0, 0.1) is 11.2 Å². The topological polar surface area (TPSA) is 72.3 Å². The Balaban J connectivity index is 2.31. The van der Waals surface area contributed by atoms with Gasteiger partial charge in [0, 0.05) is 18.5 Å². The number of aryl methyl sites for hydroxylation is 1. The highest BCUT2D eigenvalue weighted by molar-refractivity contribution is 5.92. The molecule has 6 heteroatoms. The second-order valence-corrected chi connectivity index (χ2v) is 6.81. The molecule has 1 N–H and O–H groups in total. The van der Waals surface area contributed by atoms with Gasteiger partial charge in [-0.25, -0.2) is 19.2 Å². The maximum atomic E-state index is 14.2. The quantitative estimate of drug-likeness (QED) is 0.897. The van der Waals surface area contributed by atoms with Gasteiger partial charge < -0.3 is 9.84 Å². The Bertz CT molecular complexity index is 737. The van der Waals surface area contributed by atoms with Crippen LogP contribution in [0.15, 0.2) is 24.5 Å². The summed E-state index contributed by atoms with van der Waals surface area (Å²) in [4.78, 5) is 19.6. The fraction of sp³-hybridized carbons (Fsp3) is 0.389. The number of aromatic carboxylic acids is 1. The van der Waals surface area contributed by atoms with Crippen LogP contribution in [-0.2, 0) is 6.42 Å². The third-order valence-corrected chi connectivity index (χ3v) is 3.63. The van der Waals surface area contributed by atoms with Crippen LogP contribution in [0.25, 0.3) is 11.4 Å². The monoisotopic (exact) mass is 332 g/mol. The molecule has 0 aliphatic heterocycles. The van der Waals surface area contributed by atoms with Gasteiger partial charge >= 0.3 is 5.97 Å². The van der Waals surface area contributed by atoms with Gasteiger partial charge in [-0.1, -0.05) is 20.8 Å². The number of halogens is 1. The zero-order chi connectivity index (χ0) is 17.9. The fourth-order valence-electron chi connectivity index (χ4n) is 2.20. The zero-order valence-corrected chi connectivity index (χ0v) is 14.3. The number of carbonyl (C=O) groups is 1. The Morgan fingerprint density at radius 2 is 1.88 bits per heavy atom. The van der Waals surface area contributed by atoms with Gasteiger partial charge in [-0.05, 0) is 29.9 Å². The summed E-state index contributed by atoms with van der Waals surface area (Å²) >= 11 is 0. The molecule has 2 rings (SSSR count). The summed E-state index contributed by atoms with van der Waals surface area (Å²) in [5, 5.41) is 9.21. The van der Waals surface area contributed by atoms with E-state index in [-0.39, 0.29) is 28.1 Å². The molecule has 0 saturated carbocycles. The summed E-state index contributed by atoms with van der Waals surface area (Å²) < 4.78 is 19.1. The molecule has 1 aromatic carbocycles. The number of ether oxygens (including phenoxy) is 1. The summed E-state index contributed by atoms with van der Waals surface area (Å²) in [6.45, 7) is 6.47. The molecule has 0 aliphatic rings. The van der Waals surface area contributed by atoms with Crippen molar-refractivity contribution in [2.24, 2.45) is 5.41 Å². The molecule has 0 fully saturated rings. The number of aromatic nitrogens is 2. The molecule has 0 spiro atoms. The summed E-state index contributed by atoms with van der Waals surface area (Å²) in [7, 11) is 1.29. The Labute approximate surface area is 140 Å². The maximum Gasteiger partial charge on any atom is 0.339 e. The van der Waals surface area contributed by atoms with Crippen molar-refractivity contribution < 1.29 is 19.0 Å². The van der Waals surface area contributed by atoms with Crippen LogP contribution in [0.1, 0.15) is 43.1 Å². The minimum atomic E-state index is -1.20. The molecular formula is C18H21FN2O3. The van der Waals surface area contributed by atoms with Crippen molar-refractivity contribution in [3.05, 3.63) is 41.5 Å². The summed E-state index contributed by atoms with van der Waals surface area (Å²) in [6, 6.07) is 2.23. The molecule has 1 aromatic heterocycles. The van der Waals surface area contributed by atoms with Crippen molar-refractivity contribution in [3.8, 4) is 17.1 Å². The third-order valence-electron chi connectivity index (χ3n) is 3.63. The molecule has 128 valence electrons. The number of carboxylic acids is 1. The van der Waals surface area contributed by atoms with Crippen LogP contribution in [0.5, 0.6) is 5.75 Å². The Kier molecular flexibility index (Phi) is 5.17. The van der Waals surface area contributed by atoms with Crippen molar-refractivity contribution in [2.45, 2.75) is 33.6 Å². The van der Waals surface area contributed by atoms with Gasteiger partial charge in [0.05, 0.1) is 12.7 Å². The molecule has 1 heterocycles. The van der Waals surface area contributed by atoms with E-state index in [2.05, 4.69) is 30.7 Å². The first-order chi connectivity index (χ1) is 11.2. The zero-order valence-electron chi connectivity index (χ0n) is 14.3. The molecular weight excluding hydrogens is 311 g/mol. The SMILES string of the molecule is COc1cc(F)c(-c2ncc(CCC(C)(C)C)cn2)cc1C(=O)O. The van der Waals surface area contributed by atoms with Gasteiger partial charge in [-0.3, -0.25) is 0 Å². The lowest BCUT2D eigenvalue weighted by molar-refractivity contribution is 0.0693. The smallest absolute Gasteiger partial charge is 0.339 e. The first-order valence-electron chi connectivity index (χ1n) is 7.63. The number of carboxylic acid groups (broad SMARTS) is 1. The maximum absolute atomic E-state index is 14.2. The Hall–Kier alpha value is -2.50. The summed E-state index contributed by atoms with van der Waals surface area (Å²) in [6.07, 6.45) is 5.11. The van der Waals surface area contributed by atoms with E-state index in [1.165, 1.54) is 13.2 Å². The Morgan fingerprint density at radius 1 is 1.25 bits per heavy atom. The van der Waals surface area contributed by atoms with Crippen molar-refractivity contribution in [3.63, 3.8) is 0 Å². The first-order valence-corrected chi connectivity index (χ1v) is 7.63. The van der Waals surface area contributed by atoms with Crippen molar-refractivity contribution in [1.82, 2.24) is 9.97 Å². The van der Waals surface area contributed by atoms with Crippen LogP contribution < -0.4 is 4.74 Å². The molecule has 0 aliphatic carbocycles. The lowest BCUT2D eigenvalue weighted by atomic mass is 9.89. The van der Waals surface area contributed by atoms with Crippen LogP contribution in [-0.4, -0.2) is 28.2 Å². The number of nitrogens with zero attached hydrogens (tertiary/aromatic N) is 2. The number of hydrogen-bond acceptors (Lipinski definition) is 4.